The van der Waals surface area contributed by atoms with Crippen molar-refractivity contribution in [2.24, 2.45) is 0 Å². The van der Waals surface area contributed by atoms with Gasteiger partial charge in [-0.15, -0.1) is 0 Å². The van der Waals surface area contributed by atoms with Gasteiger partial charge in [-0.25, -0.2) is 4.79 Å². The molecule has 2 nitrogen and oxygen atoms in total. The first kappa shape index (κ1) is 13.6. The molecule has 0 N–H and O–H groups in total. The van der Waals surface area contributed by atoms with Crippen molar-refractivity contribution in [2.45, 2.75) is 19.3 Å². The van der Waals surface area contributed by atoms with Crippen LogP contribution in [0.15, 0.2) is 54.6 Å². The first-order valence-corrected chi connectivity index (χ1v) is 8.16. The van der Waals surface area contributed by atoms with E-state index in [4.69, 9.17) is 4.74 Å². The third-order valence-electron chi connectivity index (χ3n) is 5.20. The standard InChI is InChI=1S/C22H16O2/c1-13-3-6-17-15(11-13)5-8-19-20(17)22(21(23)24-19)10-9-16-12-14(2)4-7-18(16)22/h3-12H,1-2H3. The number of ether oxygens (including phenoxy) is 1. The highest BCUT2D eigenvalue weighted by atomic mass is 16.5. The maximum absolute atomic E-state index is 12.9. The Morgan fingerprint density at radius 2 is 1.71 bits per heavy atom. The number of fused-ring (bicyclic) bond motifs is 6. The number of carbonyl (C=O) groups is 1. The number of carbonyl (C=O) groups excluding carboxylic acids is 1. The molecule has 0 radical (unpaired) electrons. The average molecular weight is 312 g/mol. The molecule has 3 aromatic carbocycles. The van der Waals surface area contributed by atoms with E-state index in [0.29, 0.717) is 5.75 Å². The molecule has 116 valence electrons. The Labute approximate surface area is 140 Å². The van der Waals surface area contributed by atoms with Crippen molar-refractivity contribution in [2.75, 3.05) is 0 Å². The number of hydrogen-bond acceptors (Lipinski definition) is 2. The van der Waals surface area contributed by atoms with Crippen molar-refractivity contribution in [3.05, 3.63) is 82.4 Å². The van der Waals surface area contributed by atoms with Gasteiger partial charge in [-0.3, -0.25) is 0 Å². The summed E-state index contributed by atoms with van der Waals surface area (Å²) in [5.74, 6) is 0.471. The van der Waals surface area contributed by atoms with Crippen molar-refractivity contribution in [3.63, 3.8) is 0 Å². The van der Waals surface area contributed by atoms with Gasteiger partial charge in [0.1, 0.15) is 11.2 Å². The fourth-order valence-electron chi connectivity index (χ4n) is 4.08. The molecule has 5 rings (SSSR count). The number of esters is 1. The second-order valence-electron chi connectivity index (χ2n) is 6.78. The molecule has 1 atom stereocenters. The fraction of sp³-hybridized carbons (Fsp3) is 0.136. The van der Waals surface area contributed by atoms with Gasteiger partial charge in [-0.05, 0) is 41.8 Å². The minimum atomic E-state index is -0.812. The molecule has 0 aromatic heterocycles. The highest BCUT2D eigenvalue weighted by molar-refractivity contribution is 6.07. The quantitative estimate of drug-likeness (QED) is 0.445. The number of rotatable bonds is 0. The lowest BCUT2D eigenvalue weighted by molar-refractivity contribution is -0.135. The maximum atomic E-state index is 12.9. The Morgan fingerprint density at radius 3 is 2.58 bits per heavy atom. The van der Waals surface area contributed by atoms with Gasteiger partial charge in [0.2, 0.25) is 0 Å². The lowest BCUT2D eigenvalue weighted by atomic mass is 9.75. The Balaban J connectivity index is 1.90. The normalized spacial score (nSPS) is 20.5. The van der Waals surface area contributed by atoms with Crippen LogP contribution in [0.3, 0.4) is 0 Å². The molecule has 0 saturated carbocycles. The van der Waals surface area contributed by atoms with Gasteiger partial charge in [-0.2, -0.15) is 0 Å². The Kier molecular flexibility index (Phi) is 2.46. The first-order valence-electron chi connectivity index (χ1n) is 8.16. The number of hydrogen-bond donors (Lipinski definition) is 0. The smallest absolute Gasteiger partial charge is 0.330 e. The molecule has 0 bridgehead atoms. The zero-order valence-electron chi connectivity index (χ0n) is 13.6. The highest BCUT2D eigenvalue weighted by Gasteiger charge is 2.52. The van der Waals surface area contributed by atoms with Gasteiger partial charge in [0, 0.05) is 5.56 Å². The molecule has 1 heterocycles. The van der Waals surface area contributed by atoms with Crippen LogP contribution < -0.4 is 4.74 Å². The van der Waals surface area contributed by atoms with Crippen molar-refractivity contribution in [1.29, 1.82) is 0 Å². The van der Waals surface area contributed by atoms with Crippen LogP contribution in [0.4, 0.5) is 0 Å². The van der Waals surface area contributed by atoms with E-state index in [0.717, 1.165) is 27.5 Å². The molecule has 24 heavy (non-hydrogen) atoms. The highest BCUT2D eigenvalue weighted by Crippen LogP contribution is 2.52. The van der Waals surface area contributed by atoms with E-state index in [9.17, 15) is 4.79 Å². The Bertz CT molecular complexity index is 1070. The molecule has 1 aliphatic heterocycles. The van der Waals surface area contributed by atoms with Gasteiger partial charge < -0.3 is 4.74 Å². The van der Waals surface area contributed by atoms with E-state index in [1.165, 1.54) is 11.1 Å². The van der Waals surface area contributed by atoms with Gasteiger partial charge in [0.05, 0.1) is 0 Å². The SMILES string of the molecule is Cc1ccc2c(c1)C=CC21C(=O)Oc2ccc3cc(C)ccc3c21. The summed E-state index contributed by atoms with van der Waals surface area (Å²) in [5.41, 5.74) is 4.68. The molecule has 0 fully saturated rings. The zero-order valence-corrected chi connectivity index (χ0v) is 13.6. The Hall–Kier alpha value is -2.87. The minimum Gasteiger partial charge on any atom is -0.425 e. The summed E-state index contributed by atoms with van der Waals surface area (Å²) in [7, 11) is 0. The zero-order chi connectivity index (χ0) is 16.5. The van der Waals surface area contributed by atoms with Crippen LogP contribution in [-0.2, 0) is 10.2 Å². The molecule has 1 aliphatic carbocycles. The lowest BCUT2D eigenvalue weighted by Crippen LogP contribution is -2.31. The van der Waals surface area contributed by atoms with Crippen LogP contribution in [0, 0.1) is 13.8 Å². The lowest BCUT2D eigenvalue weighted by Gasteiger charge is -2.22. The molecule has 2 aliphatic rings. The molecule has 0 saturated heterocycles. The van der Waals surface area contributed by atoms with E-state index in [1.807, 2.05) is 24.3 Å². The van der Waals surface area contributed by atoms with Gasteiger partial charge >= 0.3 is 5.97 Å². The minimum absolute atomic E-state index is 0.204. The molecular weight excluding hydrogens is 296 g/mol. The van der Waals surface area contributed by atoms with Crippen LogP contribution in [0.1, 0.15) is 27.8 Å². The van der Waals surface area contributed by atoms with Gasteiger partial charge in [0.25, 0.3) is 0 Å². The third kappa shape index (κ3) is 1.53. The van der Waals surface area contributed by atoms with Crippen LogP contribution in [0.5, 0.6) is 5.75 Å². The average Bonchev–Trinajstić information content (AvgIpc) is 3.07. The maximum Gasteiger partial charge on any atom is 0.330 e. The monoisotopic (exact) mass is 312 g/mol. The topological polar surface area (TPSA) is 26.3 Å². The molecule has 1 spiro atoms. The fourth-order valence-corrected chi connectivity index (χ4v) is 4.08. The Morgan fingerprint density at radius 1 is 0.917 bits per heavy atom. The second-order valence-corrected chi connectivity index (χ2v) is 6.78. The van der Waals surface area contributed by atoms with Crippen molar-refractivity contribution >= 4 is 22.8 Å². The molecular formula is C22H16O2. The summed E-state index contributed by atoms with van der Waals surface area (Å²) in [4.78, 5) is 12.9. The van der Waals surface area contributed by atoms with Crippen molar-refractivity contribution < 1.29 is 9.53 Å². The summed E-state index contributed by atoms with van der Waals surface area (Å²) in [6, 6.07) is 16.6. The third-order valence-corrected chi connectivity index (χ3v) is 5.20. The van der Waals surface area contributed by atoms with Crippen LogP contribution in [0.2, 0.25) is 0 Å². The van der Waals surface area contributed by atoms with E-state index in [-0.39, 0.29) is 5.97 Å². The van der Waals surface area contributed by atoms with E-state index >= 15 is 0 Å². The van der Waals surface area contributed by atoms with E-state index in [2.05, 4.69) is 50.2 Å². The van der Waals surface area contributed by atoms with Crippen LogP contribution >= 0.6 is 0 Å². The van der Waals surface area contributed by atoms with Crippen LogP contribution in [-0.4, -0.2) is 5.97 Å². The number of benzene rings is 3. The summed E-state index contributed by atoms with van der Waals surface area (Å²) in [6.07, 6.45) is 4.05. The van der Waals surface area contributed by atoms with E-state index in [1.54, 1.807) is 0 Å². The predicted octanol–water partition coefficient (Wildman–Crippen LogP) is 4.69. The summed E-state index contributed by atoms with van der Waals surface area (Å²) in [6.45, 7) is 4.15. The van der Waals surface area contributed by atoms with Gasteiger partial charge in [0.15, 0.2) is 0 Å². The molecule has 1 unspecified atom stereocenters. The number of aryl methyl sites for hydroxylation is 2. The predicted molar refractivity (Wildman–Crippen MR) is 95.3 cm³/mol. The second kappa shape index (κ2) is 4.35. The molecule has 3 aromatic rings. The van der Waals surface area contributed by atoms with Crippen molar-refractivity contribution in [1.82, 2.24) is 0 Å². The first-order chi connectivity index (χ1) is 11.6. The summed E-state index contributed by atoms with van der Waals surface area (Å²) >= 11 is 0. The molecule has 2 heteroatoms. The summed E-state index contributed by atoms with van der Waals surface area (Å²) < 4.78 is 5.68. The summed E-state index contributed by atoms with van der Waals surface area (Å²) in [5, 5.41) is 2.22. The molecule has 0 amide bonds. The van der Waals surface area contributed by atoms with E-state index < -0.39 is 5.41 Å². The van der Waals surface area contributed by atoms with Crippen LogP contribution in [0.25, 0.3) is 16.8 Å². The van der Waals surface area contributed by atoms with Crippen molar-refractivity contribution in [3.8, 4) is 5.75 Å². The van der Waals surface area contributed by atoms with Gasteiger partial charge in [-0.1, -0.05) is 65.7 Å². The largest absolute Gasteiger partial charge is 0.425 e.